The molecule has 2 unspecified atom stereocenters. The van der Waals surface area contributed by atoms with Crippen LogP contribution in [-0.2, 0) is 32.7 Å². The second-order valence-corrected chi connectivity index (χ2v) is 20.3. The summed E-state index contributed by atoms with van der Waals surface area (Å²) in [6.07, 6.45) is 61.1. The minimum absolute atomic E-state index is 0.0303. The third-order valence-electron chi connectivity index (χ3n) is 11.3. The van der Waals surface area contributed by atoms with Crippen LogP contribution in [0.25, 0.3) is 0 Å². The summed E-state index contributed by atoms with van der Waals surface area (Å²) in [5.74, 6) is -0.799. The van der Waals surface area contributed by atoms with Gasteiger partial charge in [0.05, 0.1) is 27.7 Å². The molecule has 0 aliphatic carbocycles. The summed E-state index contributed by atoms with van der Waals surface area (Å²) in [5.41, 5.74) is 0. The zero-order valence-electron chi connectivity index (χ0n) is 43.2. The maximum absolute atomic E-state index is 12.8. The van der Waals surface area contributed by atoms with Crippen LogP contribution in [0.2, 0.25) is 0 Å². The Balaban J connectivity index is 4.10. The number of quaternary nitrogens is 1. The molecule has 1 N–H and O–H groups in total. The molecule has 9 nitrogen and oxygen atoms in total. The summed E-state index contributed by atoms with van der Waals surface area (Å²) in [6.45, 7) is 4.31. The summed E-state index contributed by atoms with van der Waals surface area (Å²) in [4.78, 5) is 35.5. The molecule has 0 spiro atoms. The summed E-state index contributed by atoms with van der Waals surface area (Å²) < 4.78 is 34.4. The fourth-order valence-electron chi connectivity index (χ4n) is 7.14. The van der Waals surface area contributed by atoms with Gasteiger partial charge in [0, 0.05) is 12.8 Å². The molecule has 382 valence electrons. The number of carbonyl (C=O) groups excluding carboxylic acids is 2. The van der Waals surface area contributed by atoms with Crippen LogP contribution in [0.4, 0.5) is 0 Å². The average Bonchev–Trinajstić information content (AvgIpc) is 3.27. The lowest BCUT2D eigenvalue weighted by Crippen LogP contribution is -2.37. The minimum atomic E-state index is -4.38. The molecule has 0 aromatic heterocycles. The van der Waals surface area contributed by atoms with Gasteiger partial charge in [-0.25, -0.2) is 4.57 Å². The Morgan fingerprint density at radius 3 is 1.29 bits per heavy atom. The Labute approximate surface area is 406 Å². The van der Waals surface area contributed by atoms with E-state index < -0.39 is 26.5 Å². The lowest BCUT2D eigenvalue weighted by atomic mass is 10.0. The molecule has 0 heterocycles. The van der Waals surface area contributed by atoms with E-state index in [0.29, 0.717) is 17.4 Å². The zero-order chi connectivity index (χ0) is 48.5. The van der Waals surface area contributed by atoms with Crippen molar-refractivity contribution < 1.29 is 42.1 Å². The molecule has 66 heavy (non-hydrogen) atoms. The number of carbonyl (C=O) groups is 2. The van der Waals surface area contributed by atoms with E-state index in [1.165, 1.54) is 109 Å². The monoisotopic (exact) mass is 947 g/mol. The van der Waals surface area contributed by atoms with Crippen LogP contribution in [0.1, 0.15) is 219 Å². The predicted molar refractivity (Wildman–Crippen MR) is 279 cm³/mol. The fraction of sp³-hybridized carbons (Fsp3) is 0.750. The van der Waals surface area contributed by atoms with Crippen LogP contribution in [0.3, 0.4) is 0 Å². The highest BCUT2D eigenvalue weighted by molar-refractivity contribution is 7.47. The van der Waals surface area contributed by atoms with E-state index in [9.17, 15) is 19.0 Å². The quantitative estimate of drug-likeness (QED) is 0.0211. The number of ether oxygens (including phenoxy) is 2. The van der Waals surface area contributed by atoms with Crippen LogP contribution in [0.15, 0.2) is 72.9 Å². The Kier molecular flexibility index (Phi) is 45.7. The van der Waals surface area contributed by atoms with Crippen LogP contribution in [0, 0.1) is 0 Å². The third-order valence-corrected chi connectivity index (χ3v) is 12.2. The Morgan fingerprint density at radius 1 is 0.485 bits per heavy atom. The Morgan fingerprint density at radius 2 is 0.864 bits per heavy atom. The molecule has 0 saturated heterocycles. The normalized spacial score (nSPS) is 14.0. The number of phosphoric acid groups is 1. The van der Waals surface area contributed by atoms with Crippen molar-refractivity contribution in [1.29, 1.82) is 0 Å². The van der Waals surface area contributed by atoms with Gasteiger partial charge in [-0.15, -0.1) is 0 Å². The first-order chi connectivity index (χ1) is 32.0. The molecule has 0 aromatic rings. The fourth-order valence-corrected chi connectivity index (χ4v) is 7.88. The van der Waals surface area contributed by atoms with Crippen molar-refractivity contribution in [2.45, 2.75) is 225 Å². The highest BCUT2D eigenvalue weighted by Gasteiger charge is 2.27. The van der Waals surface area contributed by atoms with E-state index in [0.717, 1.165) is 77.0 Å². The highest BCUT2D eigenvalue weighted by Crippen LogP contribution is 2.43. The van der Waals surface area contributed by atoms with Crippen LogP contribution in [-0.4, -0.2) is 74.9 Å². The number of allylic oxidation sites excluding steroid dienone is 12. The van der Waals surface area contributed by atoms with E-state index >= 15 is 0 Å². The number of phosphoric ester groups is 1. The second kappa shape index (κ2) is 47.5. The van der Waals surface area contributed by atoms with E-state index in [-0.39, 0.29) is 32.0 Å². The smallest absolute Gasteiger partial charge is 0.462 e. The minimum Gasteiger partial charge on any atom is -0.462 e. The number of unbranched alkanes of at least 4 members (excludes halogenated alkanes) is 22. The first-order valence-electron chi connectivity index (χ1n) is 26.7. The number of hydrogen-bond acceptors (Lipinski definition) is 7. The zero-order valence-corrected chi connectivity index (χ0v) is 44.1. The number of esters is 2. The standard InChI is InChI=1S/C56H100NO8P/c1-6-8-10-12-14-16-18-19-20-21-22-23-24-25-26-27-28-29-30-31-32-33-34-35-36-37-39-41-43-45-47-49-56(59)65-54(53-64-66(60,61)63-51-50-57(3,4)5)52-62-55(58)48-46-44-42-40-38-17-15-13-11-9-7-2/h8,10,14,16,19-20,22-23,25-26,28-29,54H,6-7,9,11-13,15,17-18,21,24,27,30-53H2,1-5H3/p+1/b10-8-,16-14-,20-19-,23-22-,26-25-,29-28-. The molecule has 0 radical (unpaired) electrons. The van der Waals surface area contributed by atoms with E-state index in [2.05, 4.69) is 86.8 Å². The molecule has 0 amide bonds. The summed E-state index contributed by atoms with van der Waals surface area (Å²) >= 11 is 0. The molecule has 0 aromatic carbocycles. The predicted octanol–water partition coefficient (Wildman–Crippen LogP) is 16.1. The van der Waals surface area contributed by atoms with Crippen molar-refractivity contribution in [3.05, 3.63) is 72.9 Å². The highest BCUT2D eigenvalue weighted by atomic mass is 31.2. The molecular formula is C56H101NO8P+. The maximum atomic E-state index is 12.8. The molecule has 0 aliphatic heterocycles. The number of nitrogens with zero attached hydrogens (tertiary/aromatic N) is 1. The van der Waals surface area contributed by atoms with Crippen molar-refractivity contribution in [1.82, 2.24) is 0 Å². The van der Waals surface area contributed by atoms with Crippen LogP contribution >= 0.6 is 7.82 Å². The molecule has 0 saturated carbocycles. The van der Waals surface area contributed by atoms with Gasteiger partial charge in [-0.1, -0.05) is 215 Å². The third kappa shape index (κ3) is 50.9. The van der Waals surface area contributed by atoms with Crippen molar-refractivity contribution >= 4 is 19.8 Å². The lowest BCUT2D eigenvalue weighted by Gasteiger charge is -2.24. The molecule has 10 heteroatoms. The first-order valence-corrected chi connectivity index (χ1v) is 28.2. The number of rotatable bonds is 48. The van der Waals surface area contributed by atoms with Crippen molar-refractivity contribution in [2.75, 3.05) is 47.5 Å². The Hall–Kier alpha value is -2.55. The average molecular weight is 947 g/mol. The first kappa shape index (κ1) is 63.5. The van der Waals surface area contributed by atoms with Gasteiger partial charge in [-0.2, -0.15) is 0 Å². The van der Waals surface area contributed by atoms with Gasteiger partial charge in [0.1, 0.15) is 19.8 Å². The van der Waals surface area contributed by atoms with E-state index in [1.807, 2.05) is 21.1 Å². The topological polar surface area (TPSA) is 108 Å². The van der Waals surface area contributed by atoms with Gasteiger partial charge in [0.25, 0.3) is 0 Å². The van der Waals surface area contributed by atoms with Gasteiger partial charge < -0.3 is 18.9 Å². The molecule has 2 atom stereocenters. The maximum Gasteiger partial charge on any atom is 0.472 e. The summed E-state index contributed by atoms with van der Waals surface area (Å²) in [7, 11) is 1.47. The van der Waals surface area contributed by atoms with Gasteiger partial charge in [-0.3, -0.25) is 18.6 Å². The van der Waals surface area contributed by atoms with Crippen molar-refractivity contribution in [2.24, 2.45) is 0 Å². The summed E-state index contributed by atoms with van der Waals surface area (Å²) in [6, 6.07) is 0. The van der Waals surface area contributed by atoms with Crippen molar-refractivity contribution in [3.8, 4) is 0 Å². The number of likely N-dealkylation sites (N-methyl/N-ethyl adjacent to an activating group) is 1. The molecular weight excluding hydrogens is 846 g/mol. The van der Waals surface area contributed by atoms with E-state index in [4.69, 9.17) is 18.5 Å². The summed E-state index contributed by atoms with van der Waals surface area (Å²) in [5, 5.41) is 0. The second-order valence-electron chi connectivity index (χ2n) is 18.9. The molecule has 0 bridgehead atoms. The lowest BCUT2D eigenvalue weighted by molar-refractivity contribution is -0.870. The van der Waals surface area contributed by atoms with Crippen LogP contribution < -0.4 is 0 Å². The van der Waals surface area contributed by atoms with Gasteiger partial charge in [0.15, 0.2) is 6.10 Å². The SMILES string of the molecule is CC/C=C\C/C=C\C/C=C\C/C=C\C/C=C\C/C=C\CCCCCCCCCCCCCCC(=O)OC(COC(=O)CCCCCCCCCCCCC)COP(=O)(O)OCC[N+](C)(C)C. The van der Waals surface area contributed by atoms with Gasteiger partial charge in [0.2, 0.25) is 0 Å². The molecule has 0 aliphatic rings. The van der Waals surface area contributed by atoms with Gasteiger partial charge in [-0.05, 0) is 64.2 Å². The largest absolute Gasteiger partial charge is 0.472 e. The Bertz CT molecular complexity index is 1350. The molecule has 0 rings (SSSR count). The van der Waals surface area contributed by atoms with Crippen molar-refractivity contribution in [3.63, 3.8) is 0 Å². The van der Waals surface area contributed by atoms with Gasteiger partial charge >= 0.3 is 19.8 Å². The number of hydrogen-bond donors (Lipinski definition) is 1. The van der Waals surface area contributed by atoms with E-state index in [1.54, 1.807) is 0 Å². The molecule has 0 fully saturated rings. The van der Waals surface area contributed by atoms with Crippen LogP contribution in [0.5, 0.6) is 0 Å².